The number of nitrogens with one attached hydrogen (secondary N) is 2. The minimum Gasteiger partial charge on any atom is -0.357 e. The van der Waals surface area contributed by atoms with Crippen molar-refractivity contribution in [2.75, 3.05) is 35.7 Å². The summed E-state index contributed by atoms with van der Waals surface area (Å²) < 4.78 is 0. The van der Waals surface area contributed by atoms with Gasteiger partial charge < -0.3 is 15.1 Å². The van der Waals surface area contributed by atoms with Crippen molar-refractivity contribution in [2.24, 2.45) is 0 Å². The lowest BCUT2D eigenvalue weighted by atomic mass is 10.1. The zero-order chi connectivity index (χ0) is 23.5. The molecule has 2 aliphatic rings. The second-order valence-electron chi connectivity index (χ2n) is 8.56. The van der Waals surface area contributed by atoms with Crippen LogP contribution in [0.2, 0.25) is 0 Å². The van der Waals surface area contributed by atoms with Crippen molar-refractivity contribution in [1.29, 1.82) is 0 Å². The molecular formula is C24H27N7O2S. The van der Waals surface area contributed by atoms with Crippen molar-refractivity contribution in [1.82, 2.24) is 25.5 Å². The van der Waals surface area contributed by atoms with Crippen LogP contribution in [0.25, 0.3) is 0 Å². The summed E-state index contributed by atoms with van der Waals surface area (Å²) in [7, 11) is 1.75. The Bertz CT molecular complexity index is 1180. The lowest BCUT2D eigenvalue weighted by Crippen LogP contribution is -2.48. The maximum Gasteiger partial charge on any atom is 0.291 e. The number of hydrogen-bond acceptors (Lipinski definition) is 7. The number of nitrogens with zero attached hydrogens (tertiary/aromatic N) is 5. The number of aromatic amines is 1. The molecule has 34 heavy (non-hydrogen) atoms. The van der Waals surface area contributed by atoms with Gasteiger partial charge >= 0.3 is 0 Å². The quantitative estimate of drug-likeness (QED) is 0.582. The van der Waals surface area contributed by atoms with Crippen molar-refractivity contribution in [3.8, 4) is 0 Å². The third kappa shape index (κ3) is 4.77. The Morgan fingerprint density at radius 2 is 2.00 bits per heavy atom. The molecule has 4 heterocycles. The molecule has 0 aliphatic carbocycles. The van der Waals surface area contributed by atoms with Crippen LogP contribution in [0.5, 0.6) is 0 Å². The Kier molecular flexibility index (Phi) is 6.48. The van der Waals surface area contributed by atoms with E-state index in [1.165, 1.54) is 18.2 Å². The van der Waals surface area contributed by atoms with E-state index in [-0.39, 0.29) is 11.7 Å². The highest BCUT2D eigenvalue weighted by atomic mass is 32.2. The predicted octanol–water partition coefficient (Wildman–Crippen LogP) is 2.65. The Morgan fingerprint density at radius 1 is 1.21 bits per heavy atom. The van der Waals surface area contributed by atoms with Crippen molar-refractivity contribution < 1.29 is 9.59 Å². The zero-order valence-electron chi connectivity index (χ0n) is 19.0. The van der Waals surface area contributed by atoms with Gasteiger partial charge in [-0.05, 0) is 24.8 Å². The van der Waals surface area contributed by atoms with E-state index in [2.05, 4.69) is 30.4 Å². The second kappa shape index (κ2) is 9.84. The van der Waals surface area contributed by atoms with Crippen LogP contribution >= 0.6 is 11.8 Å². The van der Waals surface area contributed by atoms with Crippen LogP contribution in [0.4, 0.5) is 11.5 Å². The van der Waals surface area contributed by atoms with Gasteiger partial charge in [0.1, 0.15) is 17.7 Å². The Balaban J connectivity index is 1.27. The summed E-state index contributed by atoms with van der Waals surface area (Å²) in [5.41, 5.74) is 1.89. The molecule has 3 aromatic rings. The van der Waals surface area contributed by atoms with Gasteiger partial charge in [0.15, 0.2) is 0 Å². The molecule has 2 aromatic heterocycles. The monoisotopic (exact) mass is 477 g/mol. The van der Waals surface area contributed by atoms with Crippen molar-refractivity contribution in [3.05, 3.63) is 59.8 Å². The number of amides is 2. The van der Waals surface area contributed by atoms with Gasteiger partial charge in [0.05, 0.1) is 5.69 Å². The zero-order valence-corrected chi connectivity index (χ0v) is 19.8. The number of likely N-dealkylation sites (N-methyl/N-ethyl adjacent to an activating group) is 1. The molecule has 0 radical (unpaired) electrons. The molecule has 2 amide bonds. The molecule has 0 unspecified atom stereocenters. The first-order chi connectivity index (χ1) is 16.6. The Labute approximate surface area is 202 Å². The molecule has 2 aliphatic heterocycles. The van der Waals surface area contributed by atoms with Gasteiger partial charge in [0, 0.05) is 49.5 Å². The number of aromatic nitrogens is 4. The van der Waals surface area contributed by atoms with Crippen LogP contribution in [0.15, 0.2) is 47.5 Å². The fourth-order valence-electron chi connectivity index (χ4n) is 4.28. The largest absolute Gasteiger partial charge is 0.357 e. The summed E-state index contributed by atoms with van der Waals surface area (Å²) >= 11 is 1.52. The summed E-state index contributed by atoms with van der Waals surface area (Å²) in [6, 6.07) is 11.1. The van der Waals surface area contributed by atoms with Gasteiger partial charge in [-0.15, -0.1) is 16.9 Å². The number of anilines is 2. The third-order valence-electron chi connectivity index (χ3n) is 6.16. The van der Waals surface area contributed by atoms with E-state index in [9.17, 15) is 9.59 Å². The SMILES string of the molecule is CN1C(=O)[C@@H](NC(=O)c2n[nH]c(Cc3ccccc3)n2)CSc2cnc(N3CCCCC3)cc21. The number of thioether (sulfide) groups is 1. The predicted molar refractivity (Wildman–Crippen MR) is 131 cm³/mol. The summed E-state index contributed by atoms with van der Waals surface area (Å²) in [6.07, 6.45) is 5.94. The maximum absolute atomic E-state index is 13.2. The summed E-state index contributed by atoms with van der Waals surface area (Å²) in [5.74, 6) is 1.29. The number of fused-ring (bicyclic) bond motifs is 1. The summed E-state index contributed by atoms with van der Waals surface area (Å²) in [4.78, 5) is 39.8. The van der Waals surface area contributed by atoms with Crippen LogP contribution in [0, 0.1) is 0 Å². The number of pyridine rings is 1. The number of benzene rings is 1. The van der Waals surface area contributed by atoms with Crippen molar-refractivity contribution in [2.45, 2.75) is 36.6 Å². The molecular weight excluding hydrogens is 450 g/mol. The van der Waals surface area contributed by atoms with Crippen LogP contribution < -0.4 is 15.1 Å². The number of hydrogen-bond donors (Lipinski definition) is 2. The van der Waals surface area contributed by atoms with E-state index in [0.717, 1.165) is 47.9 Å². The Hall–Kier alpha value is -3.40. The van der Waals surface area contributed by atoms with Crippen LogP contribution in [0.3, 0.4) is 0 Å². The number of carbonyl (C=O) groups is 2. The van der Waals surface area contributed by atoms with E-state index in [4.69, 9.17) is 0 Å². The fraction of sp³-hybridized carbons (Fsp3) is 0.375. The van der Waals surface area contributed by atoms with E-state index >= 15 is 0 Å². The van der Waals surface area contributed by atoms with E-state index in [0.29, 0.717) is 18.0 Å². The molecule has 10 heteroatoms. The first-order valence-electron chi connectivity index (χ1n) is 11.5. The van der Waals surface area contributed by atoms with Crippen LogP contribution in [-0.2, 0) is 11.2 Å². The first-order valence-corrected chi connectivity index (χ1v) is 12.5. The molecule has 9 nitrogen and oxygen atoms in total. The van der Waals surface area contributed by atoms with E-state index in [1.807, 2.05) is 42.6 Å². The average molecular weight is 478 g/mol. The standard InChI is InChI=1S/C24H27N7O2S/c1-30-18-13-21(31-10-6-3-7-11-31)25-14-19(18)34-15-17(24(30)33)26-23(32)22-27-20(28-29-22)12-16-8-4-2-5-9-16/h2,4-5,8-9,13-14,17H,3,6-7,10-12,15H2,1H3,(H,26,32)(H,27,28,29)/t17-/m0/s1. The second-order valence-corrected chi connectivity index (χ2v) is 9.62. The lowest BCUT2D eigenvalue weighted by molar-refractivity contribution is -0.119. The minimum atomic E-state index is -0.690. The number of piperidine rings is 1. The van der Waals surface area contributed by atoms with Gasteiger partial charge in [0.2, 0.25) is 11.7 Å². The van der Waals surface area contributed by atoms with Crippen molar-refractivity contribution in [3.63, 3.8) is 0 Å². The molecule has 0 spiro atoms. The van der Waals surface area contributed by atoms with E-state index in [1.54, 1.807) is 11.9 Å². The number of H-pyrrole nitrogens is 1. The molecule has 1 fully saturated rings. The fourth-order valence-corrected chi connectivity index (χ4v) is 5.32. The molecule has 5 rings (SSSR count). The molecule has 1 aromatic carbocycles. The van der Waals surface area contributed by atoms with Gasteiger partial charge in [-0.1, -0.05) is 30.3 Å². The van der Waals surface area contributed by atoms with Gasteiger partial charge in [0.25, 0.3) is 5.91 Å². The molecule has 0 bridgehead atoms. The van der Waals surface area contributed by atoms with Crippen LogP contribution in [0.1, 0.15) is 41.3 Å². The molecule has 2 N–H and O–H groups in total. The van der Waals surface area contributed by atoms with Crippen molar-refractivity contribution >= 4 is 35.1 Å². The highest BCUT2D eigenvalue weighted by molar-refractivity contribution is 7.99. The van der Waals surface area contributed by atoms with E-state index < -0.39 is 11.9 Å². The number of carbonyl (C=O) groups excluding carboxylic acids is 2. The van der Waals surface area contributed by atoms with Gasteiger partial charge in [-0.3, -0.25) is 14.7 Å². The van der Waals surface area contributed by atoms with Gasteiger partial charge in [-0.2, -0.15) is 0 Å². The molecule has 0 saturated carbocycles. The smallest absolute Gasteiger partial charge is 0.291 e. The lowest BCUT2D eigenvalue weighted by Gasteiger charge is -2.29. The highest BCUT2D eigenvalue weighted by Gasteiger charge is 2.31. The molecule has 1 saturated heterocycles. The summed E-state index contributed by atoms with van der Waals surface area (Å²) in [6.45, 7) is 1.97. The molecule has 1 atom stereocenters. The van der Waals surface area contributed by atoms with Gasteiger partial charge in [-0.25, -0.2) is 9.97 Å². The van der Waals surface area contributed by atoms with Crippen LogP contribution in [-0.4, -0.2) is 63.9 Å². The highest BCUT2D eigenvalue weighted by Crippen LogP contribution is 2.35. The Morgan fingerprint density at radius 3 is 2.79 bits per heavy atom. The molecule has 176 valence electrons. The maximum atomic E-state index is 13.2. The summed E-state index contributed by atoms with van der Waals surface area (Å²) in [5, 5.41) is 9.69. The average Bonchev–Trinajstić information content (AvgIpc) is 3.31. The topological polar surface area (TPSA) is 107 Å². The minimum absolute atomic E-state index is 0.0298. The number of rotatable bonds is 5. The normalized spacial score (nSPS) is 18.4. The third-order valence-corrected chi connectivity index (χ3v) is 7.29. The first kappa shape index (κ1) is 22.4.